The van der Waals surface area contributed by atoms with Crippen LogP contribution in [0, 0.1) is 0 Å². The van der Waals surface area contributed by atoms with Gasteiger partial charge >= 0.3 is 0 Å². The zero-order valence-corrected chi connectivity index (χ0v) is 22.8. The summed E-state index contributed by atoms with van der Waals surface area (Å²) in [5.74, 6) is -0.577. The van der Waals surface area contributed by atoms with Gasteiger partial charge < -0.3 is 10.2 Å². The van der Waals surface area contributed by atoms with Gasteiger partial charge in [-0.25, -0.2) is 8.42 Å². The van der Waals surface area contributed by atoms with Gasteiger partial charge in [-0.3, -0.25) is 13.9 Å². The Balaban J connectivity index is 2.21. The van der Waals surface area contributed by atoms with Crippen LogP contribution in [-0.4, -0.2) is 50.0 Å². The summed E-state index contributed by atoms with van der Waals surface area (Å²) in [5.41, 5.74) is 1.08. The molecule has 2 unspecified atom stereocenters. The fourth-order valence-electron chi connectivity index (χ4n) is 3.50. The Bertz CT molecular complexity index is 1090. The summed E-state index contributed by atoms with van der Waals surface area (Å²) in [6.07, 6.45) is 2.20. The van der Waals surface area contributed by atoms with E-state index < -0.39 is 16.1 Å². The summed E-state index contributed by atoms with van der Waals surface area (Å²) in [7, 11) is -3.53. The van der Waals surface area contributed by atoms with Crippen molar-refractivity contribution < 1.29 is 18.0 Å². The van der Waals surface area contributed by atoms with E-state index in [1.807, 2.05) is 13.8 Å². The predicted molar refractivity (Wildman–Crippen MR) is 142 cm³/mol. The van der Waals surface area contributed by atoms with Crippen LogP contribution < -0.4 is 9.62 Å². The van der Waals surface area contributed by atoms with Gasteiger partial charge in [-0.05, 0) is 51.0 Å². The van der Waals surface area contributed by atoms with Gasteiger partial charge in [-0.15, -0.1) is 0 Å². The Labute approximate surface area is 218 Å². The van der Waals surface area contributed by atoms with E-state index in [0.717, 1.165) is 12.7 Å². The first-order valence-corrected chi connectivity index (χ1v) is 14.1. The zero-order chi connectivity index (χ0) is 26.2. The van der Waals surface area contributed by atoms with E-state index in [0.29, 0.717) is 21.3 Å². The number of carbonyl (C=O) groups is 2. The largest absolute Gasteiger partial charge is 0.352 e. The van der Waals surface area contributed by atoms with Gasteiger partial charge in [0, 0.05) is 41.2 Å². The number of nitrogens with zero attached hydrogens (tertiary/aromatic N) is 2. The molecule has 0 spiro atoms. The maximum atomic E-state index is 13.3. The number of benzene rings is 2. The minimum absolute atomic E-state index is 0.0417. The molecule has 0 saturated carbocycles. The quantitative estimate of drug-likeness (QED) is 0.415. The fourth-order valence-corrected chi connectivity index (χ4v) is 4.98. The molecule has 192 valence electrons. The van der Waals surface area contributed by atoms with Crippen molar-refractivity contribution in [2.75, 3.05) is 17.1 Å². The van der Waals surface area contributed by atoms with E-state index in [2.05, 4.69) is 5.32 Å². The van der Waals surface area contributed by atoms with Crippen LogP contribution in [0.1, 0.15) is 45.6 Å². The zero-order valence-electron chi connectivity index (χ0n) is 20.5. The Morgan fingerprint density at radius 2 is 1.60 bits per heavy atom. The molecule has 10 heteroatoms. The van der Waals surface area contributed by atoms with Crippen LogP contribution in [0.2, 0.25) is 10.0 Å². The number of rotatable bonds is 12. The number of amides is 2. The van der Waals surface area contributed by atoms with E-state index in [4.69, 9.17) is 23.2 Å². The lowest BCUT2D eigenvalue weighted by molar-refractivity contribution is -0.140. The summed E-state index contributed by atoms with van der Waals surface area (Å²) in [5, 5.41) is 3.71. The fraction of sp³-hybridized carbons (Fsp3) is 0.440. The average Bonchev–Trinajstić information content (AvgIpc) is 2.80. The summed E-state index contributed by atoms with van der Waals surface area (Å²) < 4.78 is 25.9. The monoisotopic (exact) mass is 541 g/mol. The Kier molecular flexibility index (Phi) is 10.9. The lowest BCUT2D eigenvalue weighted by Crippen LogP contribution is -2.49. The molecular weight excluding hydrogens is 509 g/mol. The summed E-state index contributed by atoms with van der Waals surface area (Å²) >= 11 is 12.7. The second-order valence-corrected chi connectivity index (χ2v) is 11.2. The predicted octanol–water partition coefficient (Wildman–Crippen LogP) is 4.87. The third-order valence-corrected chi connectivity index (χ3v) is 7.66. The molecule has 0 aromatic heterocycles. The number of anilines is 1. The smallest absolute Gasteiger partial charge is 0.242 e. The second-order valence-electron chi connectivity index (χ2n) is 8.49. The van der Waals surface area contributed by atoms with Crippen LogP contribution in [0.25, 0.3) is 0 Å². The van der Waals surface area contributed by atoms with Crippen LogP contribution in [0.15, 0.2) is 48.5 Å². The molecule has 35 heavy (non-hydrogen) atoms. The first kappa shape index (κ1) is 28.9. The molecule has 2 atom stereocenters. The molecule has 0 aliphatic carbocycles. The number of hydrogen-bond acceptors (Lipinski definition) is 4. The maximum Gasteiger partial charge on any atom is 0.242 e. The van der Waals surface area contributed by atoms with Crippen molar-refractivity contribution in [2.24, 2.45) is 0 Å². The molecule has 0 radical (unpaired) electrons. The van der Waals surface area contributed by atoms with Crippen molar-refractivity contribution in [1.82, 2.24) is 10.2 Å². The number of para-hydroxylation sites is 1. The van der Waals surface area contributed by atoms with Crippen molar-refractivity contribution in [3.63, 3.8) is 0 Å². The van der Waals surface area contributed by atoms with Gasteiger partial charge in [0.05, 0.1) is 11.9 Å². The first-order valence-electron chi connectivity index (χ1n) is 11.5. The van der Waals surface area contributed by atoms with Crippen LogP contribution >= 0.6 is 23.2 Å². The maximum absolute atomic E-state index is 13.3. The molecule has 1 N–H and O–H groups in total. The number of carbonyl (C=O) groups excluding carboxylic acids is 2. The van der Waals surface area contributed by atoms with Gasteiger partial charge in [0.25, 0.3) is 0 Å². The molecule has 0 fully saturated rings. The van der Waals surface area contributed by atoms with Crippen LogP contribution in [0.3, 0.4) is 0 Å². The Hall–Kier alpha value is -2.29. The highest BCUT2D eigenvalue weighted by Gasteiger charge is 2.28. The van der Waals surface area contributed by atoms with Gasteiger partial charge in [-0.1, -0.05) is 54.4 Å². The third-order valence-electron chi connectivity index (χ3n) is 5.75. The van der Waals surface area contributed by atoms with Gasteiger partial charge in [-0.2, -0.15) is 0 Å². The minimum atomic E-state index is -3.53. The lowest BCUT2D eigenvalue weighted by Gasteiger charge is -2.30. The highest BCUT2D eigenvalue weighted by Crippen LogP contribution is 2.27. The molecule has 0 saturated heterocycles. The summed E-state index contributed by atoms with van der Waals surface area (Å²) in [6.45, 7) is 5.70. The Morgan fingerprint density at radius 1 is 1.00 bits per heavy atom. The van der Waals surface area contributed by atoms with Gasteiger partial charge in [0.15, 0.2) is 0 Å². The van der Waals surface area contributed by atoms with E-state index >= 15 is 0 Å². The van der Waals surface area contributed by atoms with Crippen LogP contribution in [0.4, 0.5) is 5.69 Å². The molecule has 2 aromatic carbocycles. The third kappa shape index (κ3) is 8.40. The number of hydrogen-bond donors (Lipinski definition) is 1. The van der Waals surface area contributed by atoms with E-state index in [9.17, 15) is 18.0 Å². The average molecular weight is 543 g/mol. The first-order chi connectivity index (χ1) is 16.5. The minimum Gasteiger partial charge on any atom is -0.352 e. The van der Waals surface area contributed by atoms with Crippen molar-refractivity contribution in [2.45, 2.75) is 58.7 Å². The van der Waals surface area contributed by atoms with Crippen molar-refractivity contribution >= 4 is 50.7 Å². The van der Waals surface area contributed by atoms with Crippen molar-refractivity contribution in [3.05, 3.63) is 64.1 Å². The Morgan fingerprint density at radius 3 is 2.14 bits per heavy atom. The highest BCUT2D eigenvalue weighted by atomic mass is 35.5. The molecule has 0 heterocycles. The second kappa shape index (κ2) is 13.1. The van der Waals surface area contributed by atoms with Crippen LogP contribution in [-0.2, 0) is 26.2 Å². The molecule has 0 aliphatic rings. The molecule has 2 rings (SSSR count). The normalized spacial score (nSPS) is 13.1. The molecule has 7 nitrogen and oxygen atoms in total. The van der Waals surface area contributed by atoms with Crippen molar-refractivity contribution in [3.8, 4) is 0 Å². The molecular formula is C25H33Cl2N3O4S. The summed E-state index contributed by atoms with van der Waals surface area (Å²) in [6, 6.07) is 13.0. The number of nitrogens with one attached hydrogen (secondary N) is 1. The highest BCUT2D eigenvalue weighted by molar-refractivity contribution is 7.92. The molecule has 2 aromatic rings. The standard InChI is InChI=1S/C25H33Cl2N3O4S/c1-5-18(2)28-25(32)19(3)29(17-21-22(26)13-9-14-23(21)27)24(31)15-10-16-30(35(4,33)34)20-11-7-6-8-12-20/h6-9,11-14,18-19H,5,10,15-17H2,1-4H3,(H,28,32). The van der Waals surface area contributed by atoms with E-state index in [1.54, 1.807) is 55.5 Å². The van der Waals surface area contributed by atoms with Gasteiger partial charge in [0.1, 0.15) is 6.04 Å². The molecule has 0 bridgehead atoms. The lowest BCUT2D eigenvalue weighted by atomic mass is 10.1. The molecule has 2 amide bonds. The van der Waals surface area contributed by atoms with Crippen molar-refractivity contribution in [1.29, 1.82) is 0 Å². The van der Waals surface area contributed by atoms with E-state index in [-0.39, 0.29) is 43.8 Å². The number of sulfonamides is 1. The number of halogens is 2. The van der Waals surface area contributed by atoms with E-state index in [1.165, 1.54) is 9.21 Å². The topological polar surface area (TPSA) is 86.8 Å². The van der Waals surface area contributed by atoms with Crippen LogP contribution in [0.5, 0.6) is 0 Å². The SMILES string of the molecule is CCC(C)NC(=O)C(C)N(Cc1c(Cl)cccc1Cl)C(=O)CCCN(c1ccccc1)S(C)(=O)=O. The summed E-state index contributed by atoms with van der Waals surface area (Å²) in [4.78, 5) is 27.6. The van der Waals surface area contributed by atoms with Gasteiger partial charge in [0.2, 0.25) is 21.8 Å². The molecule has 0 aliphatic heterocycles.